The summed E-state index contributed by atoms with van der Waals surface area (Å²) in [6.45, 7) is 3.60. The Kier molecular flexibility index (Phi) is 3.07. The Morgan fingerprint density at radius 1 is 1.41 bits per heavy atom. The first-order valence-electron chi connectivity index (χ1n) is 5.27. The maximum Gasteiger partial charge on any atom is 0.141 e. The largest absolute Gasteiger partial charge is 0.383 e. The Hall–Kier alpha value is -1.55. The normalized spacial score (nSPS) is 12.7. The lowest BCUT2D eigenvalue weighted by molar-refractivity contribution is 0.524. The summed E-state index contributed by atoms with van der Waals surface area (Å²) in [5, 5.41) is 4.64. The van der Waals surface area contributed by atoms with Gasteiger partial charge in [0.1, 0.15) is 16.7 Å². The van der Waals surface area contributed by atoms with Crippen molar-refractivity contribution in [1.29, 1.82) is 0 Å². The first-order chi connectivity index (χ1) is 8.02. The van der Waals surface area contributed by atoms with Crippen molar-refractivity contribution < 1.29 is 4.39 Å². The van der Waals surface area contributed by atoms with Crippen LogP contribution in [0.25, 0.3) is 0 Å². The van der Waals surface area contributed by atoms with Crippen LogP contribution in [-0.2, 0) is 0 Å². The number of aryl methyl sites for hydroxylation is 1. The van der Waals surface area contributed by atoms with Crippen molar-refractivity contribution in [1.82, 2.24) is 9.78 Å². The highest BCUT2D eigenvalue weighted by atomic mass is 35.5. The van der Waals surface area contributed by atoms with E-state index in [0.717, 1.165) is 0 Å². The van der Waals surface area contributed by atoms with Gasteiger partial charge < -0.3 is 5.73 Å². The van der Waals surface area contributed by atoms with Crippen molar-refractivity contribution in [3.8, 4) is 0 Å². The molecule has 1 heterocycles. The Bertz CT molecular complexity index is 551. The summed E-state index contributed by atoms with van der Waals surface area (Å²) in [6.07, 6.45) is 0. The fourth-order valence-corrected chi connectivity index (χ4v) is 1.91. The topological polar surface area (TPSA) is 43.8 Å². The van der Waals surface area contributed by atoms with Crippen LogP contribution in [0.4, 0.5) is 10.2 Å². The van der Waals surface area contributed by atoms with Gasteiger partial charge in [-0.25, -0.2) is 9.07 Å². The lowest BCUT2D eigenvalue weighted by Gasteiger charge is -2.14. The summed E-state index contributed by atoms with van der Waals surface area (Å²) < 4.78 is 15.2. The minimum absolute atomic E-state index is 0.274. The Morgan fingerprint density at radius 2 is 2.06 bits per heavy atom. The van der Waals surface area contributed by atoms with E-state index in [0.29, 0.717) is 22.1 Å². The summed E-state index contributed by atoms with van der Waals surface area (Å²) in [7, 11) is 0. The highest BCUT2D eigenvalue weighted by Gasteiger charge is 2.18. The lowest BCUT2D eigenvalue weighted by atomic mass is 10.1. The third kappa shape index (κ3) is 2.00. The highest BCUT2D eigenvalue weighted by Crippen LogP contribution is 2.29. The zero-order valence-electron chi connectivity index (χ0n) is 9.61. The summed E-state index contributed by atoms with van der Waals surface area (Å²) >= 11 is 5.97. The molecule has 0 aliphatic carbocycles. The van der Waals surface area contributed by atoms with Gasteiger partial charge in [0.25, 0.3) is 0 Å². The van der Waals surface area contributed by atoms with E-state index in [2.05, 4.69) is 5.10 Å². The monoisotopic (exact) mass is 253 g/mol. The molecule has 0 aliphatic heterocycles. The minimum Gasteiger partial charge on any atom is -0.383 e. The minimum atomic E-state index is -0.289. The van der Waals surface area contributed by atoms with E-state index < -0.39 is 0 Å². The predicted octanol–water partition coefficient (Wildman–Crippen LogP) is 3.18. The molecule has 0 aliphatic rings. The molecule has 1 aromatic carbocycles. The second-order valence-electron chi connectivity index (χ2n) is 3.93. The number of benzene rings is 1. The molecule has 3 nitrogen and oxygen atoms in total. The van der Waals surface area contributed by atoms with Crippen molar-refractivity contribution in [2.45, 2.75) is 19.9 Å². The van der Waals surface area contributed by atoms with Crippen LogP contribution in [0.2, 0.25) is 5.02 Å². The van der Waals surface area contributed by atoms with Gasteiger partial charge in [0.05, 0.1) is 11.7 Å². The maximum atomic E-state index is 13.6. The third-order valence-corrected chi connectivity index (χ3v) is 3.24. The van der Waals surface area contributed by atoms with Crippen LogP contribution >= 0.6 is 11.6 Å². The van der Waals surface area contributed by atoms with E-state index in [1.807, 2.05) is 6.92 Å². The van der Waals surface area contributed by atoms with Crippen molar-refractivity contribution >= 4 is 17.4 Å². The molecular weight excluding hydrogens is 241 g/mol. The van der Waals surface area contributed by atoms with Gasteiger partial charge in [0.2, 0.25) is 0 Å². The zero-order valence-corrected chi connectivity index (χ0v) is 10.4. The first-order valence-corrected chi connectivity index (χ1v) is 5.64. The molecule has 5 heteroatoms. The molecule has 2 N–H and O–H groups in total. The van der Waals surface area contributed by atoms with E-state index >= 15 is 0 Å². The standard InChI is InChI=1S/C12H13ClFN3/c1-7-11(13)12(15)17(16-7)8(2)9-5-3-4-6-10(9)14/h3-6,8H,15H2,1-2H3. The van der Waals surface area contributed by atoms with Crippen molar-refractivity contribution in [2.24, 2.45) is 0 Å². The average Bonchev–Trinajstić information content (AvgIpc) is 2.57. The Balaban J connectivity index is 2.48. The quantitative estimate of drug-likeness (QED) is 0.893. The van der Waals surface area contributed by atoms with Crippen LogP contribution in [-0.4, -0.2) is 9.78 Å². The van der Waals surface area contributed by atoms with Gasteiger partial charge in [-0.15, -0.1) is 0 Å². The molecule has 1 aromatic heterocycles. The van der Waals surface area contributed by atoms with Gasteiger partial charge in [0, 0.05) is 5.56 Å². The number of nitrogen functional groups attached to an aromatic ring is 1. The fraction of sp³-hybridized carbons (Fsp3) is 0.250. The number of aromatic nitrogens is 2. The SMILES string of the molecule is Cc1nn(C(C)c2ccccc2F)c(N)c1Cl. The molecule has 90 valence electrons. The molecule has 2 aromatic rings. The first kappa shape index (κ1) is 11.9. The summed E-state index contributed by atoms with van der Waals surface area (Å²) in [6, 6.07) is 6.27. The number of rotatable bonds is 2. The maximum absolute atomic E-state index is 13.6. The van der Waals surface area contributed by atoms with Crippen LogP contribution in [0.1, 0.15) is 24.2 Å². The zero-order chi connectivity index (χ0) is 12.6. The van der Waals surface area contributed by atoms with Crippen molar-refractivity contribution in [2.75, 3.05) is 5.73 Å². The van der Waals surface area contributed by atoms with Crippen molar-refractivity contribution in [3.63, 3.8) is 0 Å². The number of anilines is 1. The number of hydrogen-bond acceptors (Lipinski definition) is 2. The highest BCUT2D eigenvalue weighted by molar-refractivity contribution is 6.33. The molecule has 0 saturated heterocycles. The van der Waals surface area contributed by atoms with Gasteiger partial charge in [0.15, 0.2) is 0 Å². The van der Waals surface area contributed by atoms with Gasteiger partial charge in [-0.1, -0.05) is 29.8 Å². The van der Waals surface area contributed by atoms with Crippen LogP contribution in [0.15, 0.2) is 24.3 Å². The van der Waals surface area contributed by atoms with Gasteiger partial charge in [-0.2, -0.15) is 5.10 Å². The molecule has 0 bridgehead atoms. The van der Waals surface area contributed by atoms with E-state index in [9.17, 15) is 4.39 Å². The Morgan fingerprint density at radius 3 is 2.59 bits per heavy atom. The molecule has 0 saturated carbocycles. The van der Waals surface area contributed by atoms with E-state index in [1.54, 1.807) is 25.1 Å². The Labute approximate surface area is 104 Å². The molecule has 1 atom stereocenters. The lowest BCUT2D eigenvalue weighted by Crippen LogP contribution is -2.13. The summed E-state index contributed by atoms with van der Waals surface area (Å²) in [5.41, 5.74) is 7.02. The number of nitrogens with zero attached hydrogens (tertiary/aromatic N) is 2. The number of halogens is 2. The number of nitrogens with two attached hydrogens (primary N) is 1. The molecule has 0 radical (unpaired) electrons. The van der Waals surface area contributed by atoms with Crippen LogP contribution in [0.5, 0.6) is 0 Å². The average molecular weight is 254 g/mol. The fourth-order valence-electron chi connectivity index (χ4n) is 1.79. The van der Waals surface area contributed by atoms with E-state index in [1.165, 1.54) is 10.7 Å². The van der Waals surface area contributed by atoms with Crippen LogP contribution < -0.4 is 5.73 Å². The predicted molar refractivity (Wildman–Crippen MR) is 66.6 cm³/mol. The van der Waals surface area contributed by atoms with E-state index in [-0.39, 0.29) is 11.9 Å². The van der Waals surface area contributed by atoms with Gasteiger partial charge >= 0.3 is 0 Å². The number of hydrogen-bond donors (Lipinski definition) is 1. The molecule has 17 heavy (non-hydrogen) atoms. The molecular formula is C12H13ClFN3. The summed E-state index contributed by atoms with van der Waals surface area (Å²) in [4.78, 5) is 0. The third-order valence-electron chi connectivity index (χ3n) is 2.77. The van der Waals surface area contributed by atoms with Crippen LogP contribution in [0, 0.1) is 12.7 Å². The molecule has 0 fully saturated rings. The second kappa shape index (κ2) is 4.37. The van der Waals surface area contributed by atoms with E-state index in [4.69, 9.17) is 17.3 Å². The van der Waals surface area contributed by atoms with Crippen molar-refractivity contribution in [3.05, 3.63) is 46.4 Å². The summed E-state index contributed by atoms with van der Waals surface area (Å²) in [5.74, 6) is 0.0867. The van der Waals surface area contributed by atoms with Gasteiger partial charge in [-0.3, -0.25) is 0 Å². The molecule has 2 rings (SSSR count). The smallest absolute Gasteiger partial charge is 0.141 e. The second-order valence-corrected chi connectivity index (χ2v) is 4.30. The molecule has 0 amide bonds. The van der Waals surface area contributed by atoms with Crippen LogP contribution in [0.3, 0.4) is 0 Å². The molecule has 1 unspecified atom stereocenters. The molecule has 0 spiro atoms. The van der Waals surface area contributed by atoms with Gasteiger partial charge in [-0.05, 0) is 19.9 Å².